The van der Waals surface area contributed by atoms with Crippen molar-refractivity contribution in [2.24, 2.45) is 0 Å². The van der Waals surface area contributed by atoms with Crippen LogP contribution in [0, 0.1) is 6.92 Å². The molecule has 0 unspecified atom stereocenters. The predicted molar refractivity (Wildman–Crippen MR) is 208 cm³/mol. The molecule has 8 rings (SSSR count). The Morgan fingerprint density at radius 2 is 0.745 bits per heavy atom. The van der Waals surface area contributed by atoms with Gasteiger partial charge in [0.25, 0.3) is 5.78 Å². The number of Topliss-reactive ketones (excluding diaryl/α,β-unsaturated/α-hetero) is 1. The molecule has 0 N–H and O–H groups in total. The molecule has 244 valence electrons. The molecular formula is C48H34O3. The maximum atomic E-state index is 14.9. The van der Waals surface area contributed by atoms with Crippen LogP contribution in [0.1, 0.15) is 16.7 Å². The van der Waals surface area contributed by atoms with Gasteiger partial charge in [0.05, 0.1) is 0 Å². The highest BCUT2D eigenvalue weighted by Gasteiger charge is 2.28. The van der Waals surface area contributed by atoms with Crippen LogP contribution in [-0.4, -0.2) is 5.78 Å². The minimum Gasteiger partial charge on any atom is -0.449 e. The van der Waals surface area contributed by atoms with Gasteiger partial charge in [-0.15, -0.1) is 0 Å². The Kier molecular flexibility index (Phi) is 8.68. The van der Waals surface area contributed by atoms with E-state index in [9.17, 15) is 4.79 Å². The Morgan fingerprint density at radius 3 is 1.12 bits per heavy atom. The zero-order valence-corrected chi connectivity index (χ0v) is 28.1. The van der Waals surface area contributed by atoms with Gasteiger partial charge in [-0.1, -0.05) is 164 Å². The number of carbonyl (C=O) groups is 1. The summed E-state index contributed by atoms with van der Waals surface area (Å²) in [6, 6.07) is 59.1. The van der Waals surface area contributed by atoms with Crippen molar-refractivity contribution in [3.8, 4) is 56.0 Å². The normalized spacial score (nSPS) is 14.0. The summed E-state index contributed by atoms with van der Waals surface area (Å²) in [5.74, 6) is 0.942. The first-order valence-electron chi connectivity index (χ1n) is 17.0. The monoisotopic (exact) mass is 658 g/mol. The topological polar surface area (TPSA) is 35.5 Å². The number of rotatable bonds is 6. The van der Waals surface area contributed by atoms with Gasteiger partial charge >= 0.3 is 0 Å². The van der Waals surface area contributed by atoms with Crippen molar-refractivity contribution in [3.63, 3.8) is 0 Å². The average molecular weight is 659 g/mol. The Labute approximate surface area is 298 Å². The summed E-state index contributed by atoms with van der Waals surface area (Å²) >= 11 is 0. The van der Waals surface area contributed by atoms with Crippen LogP contribution in [0.2, 0.25) is 0 Å². The third-order valence-electron chi connectivity index (χ3n) is 9.09. The van der Waals surface area contributed by atoms with Gasteiger partial charge in [0.2, 0.25) is 0 Å². The fraction of sp³-hybridized carbons (Fsp3) is 0.0208. The first-order valence-corrected chi connectivity index (χ1v) is 17.0. The lowest BCUT2D eigenvalue weighted by molar-refractivity contribution is -0.115. The minimum atomic E-state index is -0.354. The van der Waals surface area contributed by atoms with Crippen LogP contribution < -0.4 is 9.47 Å². The second-order valence-corrected chi connectivity index (χ2v) is 12.5. The largest absolute Gasteiger partial charge is 0.449 e. The maximum absolute atomic E-state index is 14.9. The molecule has 0 atom stereocenters. The standard InChI is InChI=1S/C48H34O3/c1-33-28-29-44-45(30-33)51-47(32-43-40(36-20-10-4-11-21-36)26-15-27-41(43)37-22-12-5-13-23-37)48(49)46(50-44)31-42-38(34-16-6-2-7-17-34)24-14-25-39(42)35-18-8-3-9-19-35/h2-32H,1H3. The molecule has 0 saturated heterocycles. The second kappa shape index (κ2) is 14.0. The average Bonchev–Trinajstić information content (AvgIpc) is 3.31. The van der Waals surface area contributed by atoms with Gasteiger partial charge in [-0.2, -0.15) is 0 Å². The van der Waals surface area contributed by atoms with E-state index in [-0.39, 0.29) is 17.3 Å². The summed E-state index contributed by atoms with van der Waals surface area (Å²) in [4.78, 5) is 14.9. The number of benzene rings is 7. The summed E-state index contributed by atoms with van der Waals surface area (Å²) in [6.45, 7) is 2.00. The van der Waals surface area contributed by atoms with Crippen molar-refractivity contribution >= 4 is 17.9 Å². The van der Waals surface area contributed by atoms with Crippen LogP contribution in [0.3, 0.4) is 0 Å². The molecule has 1 aliphatic rings. The molecule has 0 spiro atoms. The van der Waals surface area contributed by atoms with Crippen molar-refractivity contribution in [1.29, 1.82) is 0 Å². The lowest BCUT2D eigenvalue weighted by atomic mass is 9.90. The molecule has 1 heterocycles. The molecule has 0 aliphatic carbocycles. The van der Waals surface area contributed by atoms with Gasteiger partial charge in [0, 0.05) is 0 Å². The number of hydrogen-bond acceptors (Lipinski definition) is 3. The van der Waals surface area contributed by atoms with Crippen LogP contribution in [-0.2, 0) is 4.79 Å². The van der Waals surface area contributed by atoms with Crippen LogP contribution in [0.4, 0.5) is 0 Å². The highest BCUT2D eigenvalue weighted by molar-refractivity contribution is 6.13. The van der Waals surface area contributed by atoms with Gasteiger partial charge in [-0.05, 0) is 92.4 Å². The number of hydrogen-bond donors (Lipinski definition) is 0. The maximum Gasteiger partial charge on any atom is 0.263 e. The molecule has 0 radical (unpaired) electrons. The van der Waals surface area contributed by atoms with E-state index in [0.29, 0.717) is 11.5 Å². The summed E-state index contributed by atoms with van der Waals surface area (Å²) in [5.41, 5.74) is 10.8. The van der Waals surface area contributed by atoms with Gasteiger partial charge < -0.3 is 9.47 Å². The molecule has 0 aromatic heterocycles. The molecule has 3 heteroatoms. The zero-order valence-electron chi connectivity index (χ0n) is 28.1. The molecule has 0 amide bonds. The molecular weight excluding hydrogens is 625 g/mol. The van der Waals surface area contributed by atoms with E-state index in [2.05, 4.69) is 84.9 Å². The van der Waals surface area contributed by atoms with E-state index in [1.807, 2.05) is 110 Å². The van der Waals surface area contributed by atoms with Gasteiger partial charge in [0.1, 0.15) is 0 Å². The number of fused-ring (bicyclic) bond motifs is 1. The minimum absolute atomic E-state index is 0.169. The first-order chi connectivity index (χ1) is 25.1. The third-order valence-corrected chi connectivity index (χ3v) is 9.09. The molecule has 3 nitrogen and oxygen atoms in total. The van der Waals surface area contributed by atoms with Gasteiger partial charge in [0.15, 0.2) is 23.0 Å². The molecule has 51 heavy (non-hydrogen) atoms. The van der Waals surface area contributed by atoms with Crippen molar-refractivity contribution in [3.05, 3.63) is 204 Å². The van der Waals surface area contributed by atoms with E-state index in [0.717, 1.165) is 61.2 Å². The molecule has 7 aromatic rings. The SMILES string of the molecule is Cc1ccc2c(c1)OC(=Cc1c(-c3ccccc3)cccc1-c1ccccc1)C(=O)C(=Cc1c(-c3ccccc3)cccc1-c1ccccc1)O2. The highest BCUT2D eigenvalue weighted by Crippen LogP contribution is 2.41. The molecule has 0 saturated carbocycles. The fourth-order valence-corrected chi connectivity index (χ4v) is 6.60. The predicted octanol–water partition coefficient (Wildman–Crippen LogP) is 12.1. The highest BCUT2D eigenvalue weighted by atomic mass is 16.5. The van der Waals surface area contributed by atoms with E-state index in [1.54, 1.807) is 0 Å². The van der Waals surface area contributed by atoms with Crippen molar-refractivity contribution in [2.45, 2.75) is 6.92 Å². The van der Waals surface area contributed by atoms with E-state index < -0.39 is 0 Å². The molecule has 7 aromatic carbocycles. The Balaban J connectivity index is 1.37. The van der Waals surface area contributed by atoms with Gasteiger partial charge in [-0.25, -0.2) is 0 Å². The summed E-state index contributed by atoms with van der Waals surface area (Å²) in [7, 11) is 0. The number of ether oxygens (including phenoxy) is 2. The lowest BCUT2D eigenvalue weighted by Crippen LogP contribution is -2.12. The van der Waals surface area contributed by atoms with E-state index in [1.165, 1.54) is 0 Å². The van der Waals surface area contributed by atoms with Crippen LogP contribution in [0.25, 0.3) is 56.7 Å². The molecule has 1 aliphatic heterocycles. The Hall–Kier alpha value is -6.71. The zero-order chi connectivity index (χ0) is 34.6. The third kappa shape index (κ3) is 6.53. The van der Waals surface area contributed by atoms with Crippen molar-refractivity contribution < 1.29 is 14.3 Å². The summed E-state index contributed by atoms with van der Waals surface area (Å²) in [5, 5.41) is 0. The Morgan fingerprint density at radius 1 is 0.392 bits per heavy atom. The second-order valence-electron chi connectivity index (χ2n) is 12.5. The van der Waals surface area contributed by atoms with Crippen LogP contribution in [0.15, 0.2) is 187 Å². The number of aryl methyl sites for hydroxylation is 1. The number of carbonyl (C=O) groups excluding carboxylic acids is 1. The van der Waals surface area contributed by atoms with Crippen LogP contribution >= 0.6 is 0 Å². The molecule has 0 fully saturated rings. The first kappa shape index (κ1) is 31.6. The van der Waals surface area contributed by atoms with Crippen molar-refractivity contribution in [1.82, 2.24) is 0 Å². The summed E-state index contributed by atoms with van der Waals surface area (Å²) < 4.78 is 13.1. The number of ketones is 1. The van der Waals surface area contributed by atoms with E-state index in [4.69, 9.17) is 9.47 Å². The lowest BCUT2D eigenvalue weighted by Gasteiger charge is -2.15. The molecule has 0 bridgehead atoms. The van der Waals surface area contributed by atoms with Crippen LogP contribution in [0.5, 0.6) is 11.5 Å². The Bertz CT molecular complexity index is 2290. The fourth-order valence-electron chi connectivity index (χ4n) is 6.60. The van der Waals surface area contributed by atoms with Crippen molar-refractivity contribution in [2.75, 3.05) is 0 Å². The quantitative estimate of drug-likeness (QED) is 0.167. The summed E-state index contributed by atoms with van der Waals surface area (Å²) in [6.07, 6.45) is 3.75. The smallest absolute Gasteiger partial charge is 0.263 e. The van der Waals surface area contributed by atoms with Gasteiger partial charge in [-0.3, -0.25) is 4.79 Å². The van der Waals surface area contributed by atoms with E-state index >= 15 is 0 Å².